The SMILES string of the molecule is CCCCCCCCCCCCCCCCCCCCCCCCCCCCCCC(=O)OC(CO)COC(=O)CCCCCCC. The predicted octanol–water partition coefficient (Wildman–Crippen LogP) is 13.1. The van der Waals surface area contributed by atoms with E-state index in [9.17, 15) is 14.7 Å². The molecule has 0 aliphatic carbocycles. The molecule has 47 heavy (non-hydrogen) atoms. The van der Waals surface area contributed by atoms with Gasteiger partial charge in [-0.15, -0.1) is 0 Å². The first-order valence-electron chi connectivity index (χ1n) is 21.1. The number of rotatable bonds is 39. The maximum absolute atomic E-state index is 12.1. The lowest BCUT2D eigenvalue weighted by Crippen LogP contribution is -2.28. The third-order valence-corrected chi connectivity index (χ3v) is 9.65. The second kappa shape index (κ2) is 39.3. The summed E-state index contributed by atoms with van der Waals surface area (Å²) in [5, 5.41) is 9.47. The van der Waals surface area contributed by atoms with E-state index in [1.807, 2.05) is 0 Å². The zero-order chi connectivity index (χ0) is 34.3. The summed E-state index contributed by atoms with van der Waals surface area (Å²) in [4.78, 5) is 23.9. The number of hydrogen-bond donors (Lipinski definition) is 1. The van der Waals surface area contributed by atoms with Crippen LogP contribution < -0.4 is 0 Å². The van der Waals surface area contributed by atoms with Crippen molar-refractivity contribution in [2.75, 3.05) is 13.2 Å². The summed E-state index contributed by atoms with van der Waals surface area (Å²) in [7, 11) is 0. The van der Waals surface area contributed by atoms with Gasteiger partial charge in [0.25, 0.3) is 0 Å². The molecule has 0 aromatic heterocycles. The van der Waals surface area contributed by atoms with Crippen LogP contribution in [0.4, 0.5) is 0 Å². The molecule has 1 atom stereocenters. The fraction of sp³-hybridized carbons (Fsp3) is 0.952. The molecule has 0 spiro atoms. The molecule has 5 nitrogen and oxygen atoms in total. The average Bonchev–Trinajstić information content (AvgIpc) is 3.07. The van der Waals surface area contributed by atoms with Gasteiger partial charge in [-0.25, -0.2) is 0 Å². The Balaban J connectivity index is 3.32. The molecule has 1 N–H and O–H groups in total. The Hall–Kier alpha value is -1.10. The van der Waals surface area contributed by atoms with E-state index >= 15 is 0 Å². The molecule has 0 aromatic carbocycles. The first kappa shape index (κ1) is 45.9. The summed E-state index contributed by atoms with van der Waals surface area (Å²) in [5.41, 5.74) is 0. The van der Waals surface area contributed by atoms with Crippen molar-refractivity contribution in [2.45, 2.75) is 245 Å². The third kappa shape index (κ3) is 37.6. The largest absolute Gasteiger partial charge is 0.462 e. The number of unbranched alkanes of at least 4 members (excludes halogenated alkanes) is 31. The quantitative estimate of drug-likeness (QED) is 0.0522. The lowest BCUT2D eigenvalue weighted by molar-refractivity contribution is -0.161. The number of carbonyl (C=O) groups excluding carboxylic acids is 2. The molecule has 0 fully saturated rings. The lowest BCUT2D eigenvalue weighted by atomic mass is 10.0. The Morgan fingerprint density at radius 3 is 0.936 bits per heavy atom. The summed E-state index contributed by atoms with van der Waals surface area (Å²) in [6, 6.07) is 0. The van der Waals surface area contributed by atoms with Gasteiger partial charge in [0, 0.05) is 12.8 Å². The molecule has 0 aliphatic heterocycles. The first-order chi connectivity index (χ1) is 23.1. The maximum Gasteiger partial charge on any atom is 0.306 e. The van der Waals surface area contributed by atoms with Gasteiger partial charge in [0.05, 0.1) is 6.61 Å². The number of esters is 2. The third-order valence-electron chi connectivity index (χ3n) is 9.65. The fourth-order valence-electron chi connectivity index (χ4n) is 6.44. The van der Waals surface area contributed by atoms with E-state index in [0.717, 1.165) is 38.5 Å². The van der Waals surface area contributed by atoms with Crippen molar-refractivity contribution in [3.63, 3.8) is 0 Å². The minimum atomic E-state index is -0.759. The number of hydrogen-bond acceptors (Lipinski definition) is 5. The first-order valence-corrected chi connectivity index (χ1v) is 21.1. The topological polar surface area (TPSA) is 72.8 Å². The number of carbonyl (C=O) groups is 2. The van der Waals surface area contributed by atoms with Crippen molar-refractivity contribution in [3.8, 4) is 0 Å². The van der Waals surface area contributed by atoms with Crippen molar-refractivity contribution >= 4 is 11.9 Å². The Morgan fingerprint density at radius 2 is 0.660 bits per heavy atom. The number of aliphatic hydroxyl groups is 1. The van der Waals surface area contributed by atoms with Gasteiger partial charge in [0.1, 0.15) is 6.61 Å². The second-order valence-electron chi connectivity index (χ2n) is 14.4. The minimum Gasteiger partial charge on any atom is -0.462 e. The molecule has 0 rings (SSSR count). The van der Waals surface area contributed by atoms with E-state index in [-0.39, 0.29) is 25.2 Å². The van der Waals surface area contributed by atoms with Crippen molar-refractivity contribution in [1.82, 2.24) is 0 Å². The molecular weight excluding hydrogens is 584 g/mol. The molecule has 0 aliphatic rings. The van der Waals surface area contributed by atoms with Crippen LogP contribution >= 0.6 is 0 Å². The van der Waals surface area contributed by atoms with Gasteiger partial charge in [-0.3, -0.25) is 9.59 Å². The second-order valence-corrected chi connectivity index (χ2v) is 14.4. The Labute approximate surface area is 293 Å². The Morgan fingerprint density at radius 1 is 0.404 bits per heavy atom. The lowest BCUT2D eigenvalue weighted by Gasteiger charge is -2.15. The smallest absolute Gasteiger partial charge is 0.306 e. The highest BCUT2D eigenvalue weighted by Gasteiger charge is 2.16. The molecule has 280 valence electrons. The van der Waals surface area contributed by atoms with Crippen LogP contribution in [-0.4, -0.2) is 36.4 Å². The van der Waals surface area contributed by atoms with Crippen molar-refractivity contribution in [2.24, 2.45) is 0 Å². The molecule has 0 amide bonds. The van der Waals surface area contributed by atoms with Gasteiger partial charge in [0.2, 0.25) is 0 Å². The van der Waals surface area contributed by atoms with E-state index in [4.69, 9.17) is 9.47 Å². The van der Waals surface area contributed by atoms with Crippen LogP contribution in [-0.2, 0) is 19.1 Å². The van der Waals surface area contributed by atoms with Crippen LogP contribution in [0.25, 0.3) is 0 Å². The summed E-state index contributed by atoms with van der Waals surface area (Å²) in [6.07, 6.45) is 43.8. The van der Waals surface area contributed by atoms with E-state index < -0.39 is 6.10 Å². The molecule has 0 radical (unpaired) electrons. The maximum atomic E-state index is 12.1. The van der Waals surface area contributed by atoms with Gasteiger partial charge in [-0.05, 0) is 12.8 Å². The van der Waals surface area contributed by atoms with Gasteiger partial charge in [-0.2, -0.15) is 0 Å². The van der Waals surface area contributed by atoms with Crippen molar-refractivity contribution < 1.29 is 24.2 Å². The van der Waals surface area contributed by atoms with Crippen LogP contribution in [0.5, 0.6) is 0 Å². The zero-order valence-corrected chi connectivity index (χ0v) is 31.8. The molecule has 0 bridgehead atoms. The van der Waals surface area contributed by atoms with E-state index in [2.05, 4.69) is 13.8 Å². The predicted molar refractivity (Wildman–Crippen MR) is 201 cm³/mol. The van der Waals surface area contributed by atoms with Crippen LogP contribution in [0.1, 0.15) is 239 Å². The normalized spacial score (nSPS) is 12.0. The van der Waals surface area contributed by atoms with Crippen LogP contribution in [0.2, 0.25) is 0 Å². The Bertz CT molecular complexity index is 637. The van der Waals surface area contributed by atoms with Crippen molar-refractivity contribution in [3.05, 3.63) is 0 Å². The molecule has 0 saturated heterocycles. The van der Waals surface area contributed by atoms with Gasteiger partial charge in [-0.1, -0.05) is 213 Å². The highest BCUT2D eigenvalue weighted by Crippen LogP contribution is 2.17. The summed E-state index contributed by atoms with van der Waals surface area (Å²) >= 11 is 0. The van der Waals surface area contributed by atoms with Crippen molar-refractivity contribution in [1.29, 1.82) is 0 Å². The number of aliphatic hydroxyl groups excluding tert-OH is 1. The van der Waals surface area contributed by atoms with Crippen LogP contribution in [0.3, 0.4) is 0 Å². The van der Waals surface area contributed by atoms with E-state index in [1.165, 1.54) is 173 Å². The fourth-order valence-corrected chi connectivity index (χ4v) is 6.44. The van der Waals surface area contributed by atoms with Crippen LogP contribution in [0.15, 0.2) is 0 Å². The molecule has 1 unspecified atom stereocenters. The highest BCUT2D eigenvalue weighted by molar-refractivity contribution is 5.70. The van der Waals surface area contributed by atoms with E-state index in [1.54, 1.807) is 0 Å². The summed E-state index contributed by atoms with van der Waals surface area (Å²) in [6.45, 7) is 4.07. The molecule has 5 heteroatoms. The van der Waals surface area contributed by atoms with Gasteiger partial charge < -0.3 is 14.6 Å². The molecule has 0 heterocycles. The molecule has 0 aromatic rings. The minimum absolute atomic E-state index is 0.0599. The monoisotopic (exact) mass is 667 g/mol. The molecule has 0 saturated carbocycles. The van der Waals surface area contributed by atoms with Crippen LogP contribution in [0, 0.1) is 0 Å². The average molecular weight is 667 g/mol. The Kier molecular flexibility index (Phi) is 38.4. The zero-order valence-electron chi connectivity index (χ0n) is 31.8. The molecular formula is C42H82O5. The summed E-state index contributed by atoms with van der Waals surface area (Å²) < 4.78 is 10.5. The van der Waals surface area contributed by atoms with Gasteiger partial charge >= 0.3 is 11.9 Å². The summed E-state index contributed by atoms with van der Waals surface area (Å²) in [5.74, 6) is -0.591. The van der Waals surface area contributed by atoms with Gasteiger partial charge in [0.15, 0.2) is 6.10 Å². The number of ether oxygens (including phenoxy) is 2. The van der Waals surface area contributed by atoms with E-state index in [0.29, 0.717) is 12.8 Å². The highest BCUT2D eigenvalue weighted by atomic mass is 16.6. The standard InChI is InChI=1S/C42H82O5/c1-3-5-7-9-10-11-12-13-14-15-16-17-18-19-20-21-22-23-24-25-26-27-28-29-30-31-33-35-37-42(45)47-40(38-43)39-46-41(44)36-34-32-8-6-4-2/h40,43H,3-39H2,1-2H3.